The zero-order valence-corrected chi connectivity index (χ0v) is 16.7. The lowest BCUT2D eigenvalue weighted by molar-refractivity contribution is -0.142. The van der Waals surface area contributed by atoms with Gasteiger partial charge >= 0.3 is 0 Å². The van der Waals surface area contributed by atoms with Gasteiger partial charge in [0.25, 0.3) is 5.91 Å². The number of carbonyl (C=O) groups excluding carboxylic acids is 2. The molecule has 2 rings (SSSR count). The van der Waals surface area contributed by atoms with Gasteiger partial charge in [-0.3, -0.25) is 9.59 Å². The van der Waals surface area contributed by atoms with Gasteiger partial charge < -0.3 is 15.0 Å². The lowest BCUT2D eigenvalue weighted by Gasteiger charge is -2.29. The highest BCUT2D eigenvalue weighted by atomic mass is 19.1. The summed E-state index contributed by atoms with van der Waals surface area (Å²) in [5.74, 6) is -1.34. The minimum absolute atomic E-state index is 0.0688. The van der Waals surface area contributed by atoms with Crippen molar-refractivity contribution in [3.63, 3.8) is 0 Å². The molecule has 0 aliphatic carbocycles. The summed E-state index contributed by atoms with van der Waals surface area (Å²) in [5.41, 5.74) is 0.302. The molecule has 1 N–H and O–H groups in total. The van der Waals surface area contributed by atoms with Crippen molar-refractivity contribution in [1.29, 1.82) is 0 Å². The van der Waals surface area contributed by atoms with Crippen LogP contribution >= 0.6 is 0 Å². The minimum Gasteiger partial charge on any atom is -0.484 e. The molecule has 0 heterocycles. The lowest BCUT2D eigenvalue weighted by Crippen LogP contribution is -2.49. The molecule has 0 spiro atoms. The van der Waals surface area contributed by atoms with E-state index in [9.17, 15) is 18.4 Å². The number of amides is 2. The number of hydrogen-bond acceptors (Lipinski definition) is 3. The number of nitrogens with one attached hydrogen (secondary N) is 1. The van der Waals surface area contributed by atoms with Gasteiger partial charge in [-0.2, -0.15) is 0 Å². The van der Waals surface area contributed by atoms with Crippen LogP contribution in [0.5, 0.6) is 5.75 Å². The summed E-state index contributed by atoms with van der Waals surface area (Å²) in [6, 6.07) is 10.6. The first-order chi connectivity index (χ1) is 13.9. The second-order valence-corrected chi connectivity index (χ2v) is 6.68. The topological polar surface area (TPSA) is 58.6 Å². The third-order valence-electron chi connectivity index (χ3n) is 4.47. The average Bonchev–Trinajstić information content (AvgIpc) is 2.72. The molecule has 0 radical (unpaired) electrons. The normalized spacial score (nSPS) is 11.6. The zero-order valence-electron chi connectivity index (χ0n) is 16.7. The maximum atomic E-state index is 14.1. The summed E-state index contributed by atoms with van der Waals surface area (Å²) in [7, 11) is 0. The molecule has 7 heteroatoms. The quantitative estimate of drug-likeness (QED) is 0.615. The van der Waals surface area contributed by atoms with Crippen molar-refractivity contribution in [3.05, 3.63) is 65.7 Å². The Morgan fingerprint density at radius 3 is 2.45 bits per heavy atom. The van der Waals surface area contributed by atoms with Crippen LogP contribution in [0.2, 0.25) is 0 Å². The Morgan fingerprint density at radius 1 is 1.10 bits per heavy atom. The van der Waals surface area contributed by atoms with E-state index in [4.69, 9.17) is 4.74 Å². The van der Waals surface area contributed by atoms with Crippen LogP contribution < -0.4 is 10.1 Å². The maximum absolute atomic E-state index is 14.1. The summed E-state index contributed by atoms with van der Waals surface area (Å²) < 4.78 is 32.5. The molecule has 0 fully saturated rings. The van der Waals surface area contributed by atoms with Crippen molar-refractivity contribution in [2.45, 2.75) is 39.3 Å². The Hall–Kier alpha value is -2.96. The summed E-state index contributed by atoms with van der Waals surface area (Å²) in [5, 5.41) is 2.79. The van der Waals surface area contributed by atoms with Gasteiger partial charge in [-0.05, 0) is 43.7 Å². The van der Waals surface area contributed by atoms with E-state index >= 15 is 0 Å². The molecule has 5 nitrogen and oxygen atoms in total. The van der Waals surface area contributed by atoms with Crippen molar-refractivity contribution < 1.29 is 23.1 Å². The van der Waals surface area contributed by atoms with E-state index in [-0.39, 0.29) is 19.1 Å². The Bertz CT molecular complexity index is 812. The third-order valence-corrected chi connectivity index (χ3v) is 4.47. The number of unbranched alkanes of at least 4 members (excludes halogenated alkanes) is 1. The second-order valence-electron chi connectivity index (χ2n) is 6.68. The van der Waals surface area contributed by atoms with Crippen molar-refractivity contribution in [2.24, 2.45) is 0 Å². The van der Waals surface area contributed by atoms with E-state index < -0.39 is 23.6 Å². The van der Waals surface area contributed by atoms with Crippen LogP contribution in [0.15, 0.2) is 48.5 Å². The first-order valence-electron chi connectivity index (χ1n) is 9.61. The predicted octanol–water partition coefficient (Wildman–Crippen LogP) is 3.68. The monoisotopic (exact) mass is 404 g/mol. The molecule has 2 aromatic carbocycles. The van der Waals surface area contributed by atoms with E-state index in [1.54, 1.807) is 25.1 Å². The Kier molecular flexibility index (Phi) is 8.58. The second kappa shape index (κ2) is 11.1. The highest BCUT2D eigenvalue weighted by Gasteiger charge is 2.27. The number of nitrogens with zero attached hydrogens (tertiary/aromatic N) is 1. The summed E-state index contributed by atoms with van der Waals surface area (Å²) in [6.45, 7) is 3.69. The number of benzene rings is 2. The first-order valence-corrected chi connectivity index (χ1v) is 9.61. The molecule has 29 heavy (non-hydrogen) atoms. The van der Waals surface area contributed by atoms with E-state index in [0.29, 0.717) is 17.9 Å². The molecule has 0 aromatic heterocycles. The van der Waals surface area contributed by atoms with Crippen molar-refractivity contribution >= 4 is 11.8 Å². The van der Waals surface area contributed by atoms with Crippen LogP contribution in [-0.4, -0.2) is 35.9 Å². The number of halogens is 2. The Balaban J connectivity index is 2.11. The van der Waals surface area contributed by atoms with Gasteiger partial charge in [0.1, 0.15) is 23.4 Å². The maximum Gasteiger partial charge on any atom is 0.261 e. The van der Waals surface area contributed by atoms with Gasteiger partial charge in [-0.25, -0.2) is 8.78 Å². The highest BCUT2D eigenvalue weighted by Crippen LogP contribution is 2.15. The molecule has 0 saturated carbocycles. The first kappa shape index (κ1) is 22.3. The molecule has 2 aromatic rings. The van der Waals surface area contributed by atoms with Crippen molar-refractivity contribution in [2.75, 3.05) is 13.2 Å². The molecular formula is C22H26F2N2O3. The number of rotatable bonds is 10. The summed E-state index contributed by atoms with van der Waals surface area (Å²) >= 11 is 0. The number of ether oxygens (including phenoxy) is 1. The van der Waals surface area contributed by atoms with Crippen LogP contribution in [0.3, 0.4) is 0 Å². The van der Waals surface area contributed by atoms with Gasteiger partial charge in [0.05, 0.1) is 0 Å². The zero-order chi connectivity index (χ0) is 21.2. The van der Waals surface area contributed by atoms with Gasteiger partial charge in [0.15, 0.2) is 6.61 Å². The van der Waals surface area contributed by atoms with E-state index in [1.807, 2.05) is 6.92 Å². The smallest absolute Gasteiger partial charge is 0.261 e. The molecule has 1 unspecified atom stereocenters. The molecule has 2 amide bonds. The molecular weight excluding hydrogens is 378 g/mol. The fourth-order valence-electron chi connectivity index (χ4n) is 2.69. The summed E-state index contributed by atoms with van der Waals surface area (Å²) in [6.07, 6.45) is 1.76. The van der Waals surface area contributed by atoms with Gasteiger partial charge in [0.2, 0.25) is 5.91 Å². The third kappa shape index (κ3) is 6.85. The highest BCUT2D eigenvalue weighted by molar-refractivity contribution is 5.87. The fourth-order valence-corrected chi connectivity index (χ4v) is 2.69. The Labute approximate surface area is 169 Å². The molecule has 0 bridgehead atoms. The molecule has 0 aliphatic rings. The fraction of sp³-hybridized carbons (Fsp3) is 0.364. The van der Waals surface area contributed by atoms with Gasteiger partial charge in [0, 0.05) is 18.7 Å². The van der Waals surface area contributed by atoms with Crippen LogP contribution in [0, 0.1) is 11.6 Å². The van der Waals surface area contributed by atoms with Crippen LogP contribution in [-0.2, 0) is 16.1 Å². The van der Waals surface area contributed by atoms with Crippen LogP contribution in [0.25, 0.3) is 0 Å². The molecule has 0 saturated heterocycles. The molecule has 0 aliphatic heterocycles. The van der Waals surface area contributed by atoms with Crippen molar-refractivity contribution in [1.82, 2.24) is 10.2 Å². The molecule has 1 atom stereocenters. The van der Waals surface area contributed by atoms with Gasteiger partial charge in [-0.1, -0.05) is 31.5 Å². The van der Waals surface area contributed by atoms with E-state index in [1.165, 1.54) is 35.2 Å². The van der Waals surface area contributed by atoms with Crippen LogP contribution in [0.1, 0.15) is 32.3 Å². The standard InChI is InChI=1S/C22H26F2N2O3/c1-3-4-13-25-22(28)16(2)26(14-17-7-5-6-8-20(17)24)21(27)15-29-19-11-9-18(23)10-12-19/h5-12,16H,3-4,13-15H2,1-2H3,(H,25,28). The van der Waals surface area contributed by atoms with Crippen LogP contribution in [0.4, 0.5) is 8.78 Å². The largest absolute Gasteiger partial charge is 0.484 e. The minimum atomic E-state index is -0.809. The summed E-state index contributed by atoms with van der Waals surface area (Å²) in [4.78, 5) is 26.5. The van der Waals surface area contributed by atoms with Gasteiger partial charge in [-0.15, -0.1) is 0 Å². The number of hydrogen-bond donors (Lipinski definition) is 1. The lowest BCUT2D eigenvalue weighted by atomic mass is 10.1. The molecule has 156 valence electrons. The predicted molar refractivity (Wildman–Crippen MR) is 106 cm³/mol. The Morgan fingerprint density at radius 2 is 1.79 bits per heavy atom. The number of carbonyl (C=O) groups is 2. The van der Waals surface area contributed by atoms with Crippen molar-refractivity contribution in [3.8, 4) is 5.75 Å². The average molecular weight is 404 g/mol. The van der Waals surface area contributed by atoms with E-state index in [0.717, 1.165) is 12.8 Å². The van der Waals surface area contributed by atoms with E-state index in [2.05, 4.69) is 5.32 Å². The SMILES string of the molecule is CCCCNC(=O)C(C)N(Cc1ccccc1F)C(=O)COc1ccc(F)cc1.